The summed E-state index contributed by atoms with van der Waals surface area (Å²) in [5, 5.41) is 8.76. The van der Waals surface area contributed by atoms with Crippen LogP contribution in [0, 0.1) is 0 Å². The van der Waals surface area contributed by atoms with Crippen molar-refractivity contribution in [2.24, 2.45) is 5.73 Å². The molecule has 1 aromatic carbocycles. The Labute approximate surface area is 88.3 Å². The summed E-state index contributed by atoms with van der Waals surface area (Å²) in [5.41, 5.74) is 7.55. The fraction of sp³-hybridized carbons (Fsp3) is 0.364. The number of carbonyl (C=O) groups excluding carboxylic acids is 1. The Balaban J connectivity index is 2.30. The number of para-hydroxylation sites is 1. The van der Waals surface area contributed by atoms with Crippen molar-refractivity contribution in [2.75, 3.05) is 18.1 Å². The Bertz CT molecular complexity index is 379. The number of carbonyl (C=O) groups is 1. The highest BCUT2D eigenvalue weighted by atomic mass is 16.3. The standard InChI is InChI=1S/C11H14N2O2/c12-10-8-4-1-2-5-9(8)13(11(10)15)6-3-7-14/h1-2,4-5,10,14H,3,6-7,12H2. The number of hydrogen-bond donors (Lipinski definition) is 2. The van der Waals surface area contributed by atoms with Gasteiger partial charge in [-0.15, -0.1) is 0 Å². The normalized spacial score (nSPS) is 19.5. The molecule has 15 heavy (non-hydrogen) atoms. The lowest BCUT2D eigenvalue weighted by atomic mass is 10.1. The molecule has 2 rings (SSSR count). The molecule has 1 amide bonds. The van der Waals surface area contributed by atoms with Crippen LogP contribution in [0.4, 0.5) is 5.69 Å². The van der Waals surface area contributed by atoms with Gasteiger partial charge < -0.3 is 15.7 Å². The van der Waals surface area contributed by atoms with E-state index in [0.717, 1.165) is 11.3 Å². The first-order valence-corrected chi connectivity index (χ1v) is 5.02. The number of nitrogens with two attached hydrogens (primary N) is 1. The van der Waals surface area contributed by atoms with Crippen LogP contribution in [-0.4, -0.2) is 24.2 Å². The fourth-order valence-electron chi connectivity index (χ4n) is 1.88. The molecule has 3 N–H and O–H groups in total. The minimum absolute atomic E-state index is 0.0790. The van der Waals surface area contributed by atoms with E-state index >= 15 is 0 Å². The zero-order valence-corrected chi connectivity index (χ0v) is 8.39. The van der Waals surface area contributed by atoms with Gasteiger partial charge >= 0.3 is 0 Å². The van der Waals surface area contributed by atoms with Crippen LogP contribution in [0.15, 0.2) is 24.3 Å². The molecule has 0 fully saturated rings. The lowest BCUT2D eigenvalue weighted by molar-refractivity contribution is -0.119. The highest BCUT2D eigenvalue weighted by molar-refractivity contribution is 6.04. The molecule has 0 spiro atoms. The number of aliphatic hydroxyl groups excluding tert-OH is 1. The van der Waals surface area contributed by atoms with Crippen LogP contribution in [0.25, 0.3) is 0 Å². The first-order chi connectivity index (χ1) is 7.25. The summed E-state index contributed by atoms with van der Waals surface area (Å²) in [4.78, 5) is 13.4. The summed E-state index contributed by atoms with van der Waals surface area (Å²) in [6, 6.07) is 6.98. The predicted octanol–water partition coefficient (Wildman–Crippen LogP) is 0.415. The number of rotatable bonds is 3. The molecule has 0 bridgehead atoms. The fourth-order valence-corrected chi connectivity index (χ4v) is 1.88. The molecule has 1 atom stereocenters. The summed E-state index contributed by atoms with van der Waals surface area (Å²) in [6.45, 7) is 0.612. The summed E-state index contributed by atoms with van der Waals surface area (Å²) < 4.78 is 0. The molecule has 0 saturated heterocycles. The van der Waals surface area contributed by atoms with Crippen molar-refractivity contribution in [3.05, 3.63) is 29.8 Å². The molecule has 1 aliphatic heterocycles. The lowest BCUT2D eigenvalue weighted by Gasteiger charge is -2.16. The van der Waals surface area contributed by atoms with Crippen LogP contribution in [0.2, 0.25) is 0 Å². The third-order valence-electron chi connectivity index (χ3n) is 2.63. The Morgan fingerprint density at radius 2 is 2.13 bits per heavy atom. The number of nitrogens with zero attached hydrogens (tertiary/aromatic N) is 1. The monoisotopic (exact) mass is 206 g/mol. The van der Waals surface area contributed by atoms with E-state index in [4.69, 9.17) is 10.8 Å². The van der Waals surface area contributed by atoms with E-state index in [9.17, 15) is 4.79 Å². The second-order valence-electron chi connectivity index (χ2n) is 3.60. The van der Waals surface area contributed by atoms with Gasteiger partial charge in [-0.1, -0.05) is 18.2 Å². The van der Waals surface area contributed by atoms with Gasteiger partial charge in [0, 0.05) is 24.4 Å². The minimum atomic E-state index is -0.542. The molecular formula is C11H14N2O2. The topological polar surface area (TPSA) is 66.6 Å². The summed E-state index contributed by atoms with van der Waals surface area (Å²) in [6.07, 6.45) is 0.576. The maximum atomic E-state index is 11.8. The summed E-state index contributed by atoms with van der Waals surface area (Å²) in [7, 11) is 0. The van der Waals surface area contributed by atoms with Crippen LogP contribution >= 0.6 is 0 Å². The van der Waals surface area contributed by atoms with Crippen LogP contribution in [0.3, 0.4) is 0 Å². The molecule has 1 heterocycles. The number of fused-ring (bicyclic) bond motifs is 1. The van der Waals surface area contributed by atoms with Gasteiger partial charge in [0.25, 0.3) is 0 Å². The maximum absolute atomic E-state index is 11.8. The molecule has 4 heteroatoms. The van der Waals surface area contributed by atoms with E-state index in [1.165, 1.54) is 0 Å². The van der Waals surface area contributed by atoms with E-state index < -0.39 is 6.04 Å². The second kappa shape index (κ2) is 4.00. The number of aliphatic hydroxyl groups is 1. The van der Waals surface area contributed by atoms with Crippen molar-refractivity contribution in [3.63, 3.8) is 0 Å². The Hall–Kier alpha value is -1.39. The quantitative estimate of drug-likeness (QED) is 0.753. The van der Waals surface area contributed by atoms with Gasteiger partial charge in [0.05, 0.1) is 0 Å². The van der Waals surface area contributed by atoms with Gasteiger partial charge in [-0.25, -0.2) is 0 Å². The van der Waals surface area contributed by atoms with Gasteiger partial charge in [-0.05, 0) is 12.5 Å². The van der Waals surface area contributed by atoms with Crippen molar-refractivity contribution in [1.29, 1.82) is 0 Å². The van der Waals surface area contributed by atoms with Gasteiger partial charge in [0.1, 0.15) is 6.04 Å². The summed E-state index contributed by atoms with van der Waals surface area (Å²) >= 11 is 0. The minimum Gasteiger partial charge on any atom is -0.396 e. The predicted molar refractivity (Wildman–Crippen MR) is 57.4 cm³/mol. The first-order valence-electron chi connectivity index (χ1n) is 5.02. The van der Waals surface area contributed by atoms with Gasteiger partial charge in [-0.2, -0.15) is 0 Å². The van der Waals surface area contributed by atoms with Crippen molar-refractivity contribution in [3.8, 4) is 0 Å². The number of hydrogen-bond acceptors (Lipinski definition) is 3. The third-order valence-corrected chi connectivity index (χ3v) is 2.63. The Morgan fingerprint density at radius 1 is 1.40 bits per heavy atom. The van der Waals surface area contributed by atoms with Gasteiger partial charge in [0.15, 0.2) is 0 Å². The van der Waals surface area contributed by atoms with E-state index in [1.807, 2.05) is 24.3 Å². The van der Waals surface area contributed by atoms with Crippen molar-refractivity contribution < 1.29 is 9.90 Å². The molecule has 4 nitrogen and oxygen atoms in total. The highest BCUT2D eigenvalue weighted by Gasteiger charge is 2.33. The SMILES string of the molecule is NC1C(=O)N(CCCO)c2ccccc21. The van der Waals surface area contributed by atoms with Crippen LogP contribution in [-0.2, 0) is 4.79 Å². The van der Waals surface area contributed by atoms with Crippen LogP contribution < -0.4 is 10.6 Å². The Kier molecular flexibility index (Phi) is 2.70. The van der Waals surface area contributed by atoms with E-state index in [1.54, 1.807) is 4.90 Å². The molecule has 1 unspecified atom stereocenters. The number of anilines is 1. The first kappa shape index (κ1) is 10.1. The second-order valence-corrected chi connectivity index (χ2v) is 3.60. The van der Waals surface area contributed by atoms with Crippen molar-refractivity contribution >= 4 is 11.6 Å². The maximum Gasteiger partial charge on any atom is 0.248 e. The van der Waals surface area contributed by atoms with E-state index in [-0.39, 0.29) is 12.5 Å². The molecule has 0 saturated carbocycles. The molecule has 1 aromatic rings. The molecule has 1 aliphatic rings. The van der Waals surface area contributed by atoms with Crippen LogP contribution in [0.5, 0.6) is 0 Å². The highest BCUT2D eigenvalue weighted by Crippen LogP contribution is 2.33. The van der Waals surface area contributed by atoms with Gasteiger partial charge in [-0.3, -0.25) is 4.79 Å². The Morgan fingerprint density at radius 3 is 2.87 bits per heavy atom. The largest absolute Gasteiger partial charge is 0.396 e. The molecule has 0 aromatic heterocycles. The molecule has 0 radical (unpaired) electrons. The van der Waals surface area contributed by atoms with Crippen LogP contribution in [0.1, 0.15) is 18.0 Å². The zero-order chi connectivity index (χ0) is 10.8. The van der Waals surface area contributed by atoms with E-state index in [0.29, 0.717) is 13.0 Å². The summed E-state index contributed by atoms with van der Waals surface area (Å²) in [5.74, 6) is -0.0790. The zero-order valence-electron chi connectivity index (χ0n) is 8.39. The smallest absolute Gasteiger partial charge is 0.248 e. The average molecular weight is 206 g/mol. The van der Waals surface area contributed by atoms with Crippen molar-refractivity contribution in [2.45, 2.75) is 12.5 Å². The van der Waals surface area contributed by atoms with Gasteiger partial charge in [0.2, 0.25) is 5.91 Å². The molecular weight excluding hydrogens is 192 g/mol. The number of amides is 1. The van der Waals surface area contributed by atoms with Crippen molar-refractivity contribution in [1.82, 2.24) is 0 Å². The average Bonchev–Trinajstić information content (AvgIpc) is 2.51. The number of benzene rings is 1. The molecule has 0 aliphatic carbocycles. The lowest BCUT2D eigenvalue weighted by Crippen LogP contribution is -2.32. The van der Waals surface area contributed by atoms with E-state index in [2.05, 4.69) is 0 Å². The molecule has 80 valence electrons. The third kappa shape index (κ3) is 1.62.